The third-order valence-corrected chi connectivity index (χ3v) is 2.33. The topological polar surface area (TPSA) is 86.2 Å². The number of hydrogen-bond donors (Lipinski definition) is 1. The molecule has 7 heteroatoms. The molecule has 7 nitrogen and oxygen atoms in total. The zero-order chi connectivity index (χ0) is 13.7. The molecule has 2 heterocycles. The first-order chi connectivity index (χ1) is 9.15. The van der Waals surface area contributed by atoms with Gasteiger partial charge in [0.15, 0.2) is 5.76 Å². The van der Waals surface area contributed by atoms with Gasteiger partial charge in [0.1, 0.15) is 0 Å². The molecule has 0 saturated heterocycles. The van der Waals surface area contributed by atoms with Crippen molar-refractivity contribution in [3.05, 3.63) is 18.4 Å². The van der Waals surface area contributed by atoms with E-state index in [2.05, 4.69) is 29.3 Å². The van der Waals surface area contributed by atoms with Gasteiger partial charge in [-0.3, -0.25) is 0 Å². The van der Waals surface area contributed by atoms with Gasteiger partial charge in [-0.25, -0.2) is 0 Å². The third-order valence-electron chi connectivity index (χ3n) is 2.33. The van der Waals surface area contributed by atoms with Crippen molar-refractivity contribution in [2.45, 2.75) is 26.5 Å². The molecule has 104 valence electrons. The van der Waals surface area contributed by atoms with Crippen LogP contribution in [0.5, 0.6) is 0 Å². The molecule has 0 radical (unpaired) electrons. The van der Waals surface area contributed by atoms with E-state index in [1.54, 1.807) is 18.4 Å². The van der Waals surface area contributed by atoms with Crippen molar-refractivity contribution in [3.63, 3.8) is 0 Å². The van der Waals surface area contributed by atoms with Gasteiger partial charge in [0.25, 0.3) is 0 Å². The molecule has 0 unspecified atom stereocenters. The molecular formula is C12H18N4O3. The summed E-state index contributed by atoms with van der Waals surface area (Å²) in [4.78, 5) is 1.33. The van der Waals surface area contributed by atoms with Crippen LogP contribution in [0.2, 0.25) is 0 Å². The number of aliphatic hydroxyl groups is 1. The summed E-state index contributed by atoms with van der Waals surface area (Å²) in [7, 11) is 0. The first-order valence-electron chi connectivity index (χ1n) is 6.22. The first kappa shape index (κ1) is 13.7. The fourth-order valence-electron chi connectivity index (χ4n) is 1.51. The van der Waals surface area contributed by atoms with Gasteiger partial charge in [-0.1, -0.05) is 13.8 Å². The average Bonchev–Trinajstić information content (AvgIpc) is 2.97. The van der Waals surface area contributed by atoms with Crippen LogP contribution >= 0.6 is 0 Å². The first-order valence-corrected chi connectivity index (χ1v) is 6.22. The maximum Gasteiger partial charge on any atom is 0.240 e. The average molecular weight is 266 g/mol. The van der Waals surface area contributed by atoms with Crippen molar-refractivity contribution < 1.29 is 14.3 Å². The van der Waals surface area contributed by atoms with Crippen LogP contribution in [0.3, 0.4) is 0 Å². The molecular weight excluding hydrogens is 248 g/mol. The number of furan rings is 1. The molecule has 0 aromatic carbocycles. The molecule has 0 amide bonds. The van der Waals surface area contributed by atoms with E-state index in [1.807, 2.05) is 0 Å². The monoisotopic (exact) mass is 266 g/mol. The summed E-state index contributed by atoms with van der Waals surface area (Å²) < 4.78 is 10.5. The van der Waals surface area contributed by atoms with Gasteiger partial charge in [-0.15, -0.1) is 10.2 Å². The summed E-state index contributed by atoms with van der Waals surface area (Å²) in [6, 6.07) is 3.51. The lowest BCUT2D eigenvalue weighted by Crippen LogP contribution is -2.24. The molecule has 0 aliphatic carbocycles. The van der Waals surface area contributed by atoms with E-state index in [9.17, 15) is 5.11 Å². The van der Waals surface area contributed by atoms with Crippen LogP contribution in [-0.2, 0) is 11.3 Å². The number of tetrazole rings is 1. The maximum atomic E-state index is 9.78. The minimum absolute atomic E-state index is 0.242. The normalized spacial score (nSPS) is 13.1. The minimum Gasteiger partial charge on any atom is -0.461 e. The fourth-order valence-corrected chi connectivity index (χ4v) is 1.51. The van der Waals surface area contributed by atoms with Gasteiger partial charge in [-0.05, 0) is 23.3 Å². The van der Waals surface area contributed by atoms with Gasteiger partial charge < -0.3 is 14.3 Å². The Balaban J connectivity index is 1.83. The Labute approximate surface area is 111 Å². The second-order valence-electron chi connectivity index (χ2n) is 4.73. The molecule has 0 fully saturated rings. The number of nitrogens with zero attached hydrogens (tertiary/aromatic N) is 4. The van der Waals surface area contributed by atoms with E-state index in [0.29, 0.717) is 24.1 Å². The Morgan fingerprint density at radius 3 is 2.95 bits per heavy atom. The summed E-state index contributed by atoms with van der Waals surface area (Å²) in [5, 5.41) is 21.6. The molecule has 1 N–H and O–H groups in total. The fraction of sp³-hybridized carbons (Fsp3) is 0.583. The second kappa shape index (κ2) is 6.44. The zero-order valence-electron chi connectivity index (χ0n) is 11.1. The van der Waals surface area contributed by atoms with Crippen LogP contribution in [-0.4, -0.2) is 44.6 Å². The lowest BCUT2D eigenvalue weighted by atomic mass is 10.2. The SMILES string of the molecule is CC(C)COC[C@@H](O)Cn1nnc(-c2ccco2)n1. The quantitative estimate of drug-likeness (QED) is 0.803. The van der Waals surface area contributed by atoms with Gasteiger partial charge >= 0.3 is 0 Å². The van der Waals surface area contributed by atoms with Gasteiger partial charge in [-0.2, -0.15) is 4.80 Å². The van der Waals surface area contributed by atoms with E-state index in [0.717, 1.165) is 0 Å². The van der Waals surface area contributed by atoms with E-state index < -0.39 is 6.10 Å². The van der Waals surface area contributed by atoms with Crippen molar-refractivity contribution in [2.24, 2.45) is 5.92 Å². The Hall–Kier alpha value is -1.73. The maximum absolute atomic E-state index is 9.78. The smallest absolute Gasteiger partial charge is 0.240 e. The van der Waals surface area contributed by atoms with Crippen molar-refractivity contribution in [1.29, 1.82) is 0 Å². The molecule has 2 rings (SSSR count). The molecule has 2 aromatic heterocycles. The highest BCUT2D eigenvalue weighted by Gasteiger charge is 2.12. The van der Waals surface area contributed by atoms with Crippen LogP contribution in [0.15, 0.2) is 22.8 Å². The van der Waals surface area contributed by atoms with Gasteiger partial charge in [0.05, 0.1) is 25.5 Å². The lowest BCUT2D eigenvalue weighted by Gasteiger charge is -2.11. The van der Waals surface area contributed by atoms with Crippen LogP contribution in [0.1, 0.15) is 13.8 Å². The van der Waals surface area contributed by atoms with Crippen LogP contribution in [0.4, 0.5) is 0 Å². The number of rotatable bonds is 7. The van der Waals surface area contributed by atoms with Crippen molar-refractivity contribution in [3.8, 4) is 11.6 Å². The molecule has 0 spiro atoms. The molecule has 0 aliphatic rings. The molecule has 0 aliphatic heterocycles. The Morgan fingerprint density at radius 1 is 1.42 bits per heavy atom. The summed E-state index contributed by atoms with van der Waals surface area (Å²) >= 11 is 0. The summed E-state index contributed by atoms with van der Waals surface area (Å²) in [6.45, 7) is 5.24. The zero-order valence-corrected chi connectivity index (χ0v) is 11.1. The molecule has 19 heavy (non-hydrogen) atoms. The van der Waals surface area contributed by atoms with E-state index in [-0.39, 0.29) is 13.2 Å². The largest absolute Gasteiger partial charge is 0.461 e. The van der Waals surface area contributed by atoms with E-state index >= 15 is 0 Å². The number of aliphatic hydroxyl groups excluding tert-OH is 1. The Kier molecular flexibility index (Phi) is 4.64. The number of hydrogen-bond acceptors (Lipinski definition) is 6. The minimum atomic E-state index is -0.655. The van der Waals surface area contributed by atoms with E-state index in [1.165, 1.54) is 4.80 Å². The highest BCUT2D eigenvalue weighted by molar-refractivity contribution is 5.43. The second-order valence-corrected chi connectivity index (χ2v) is 4.73. The predicted octanol–water partition coefficient (Wildman–Crippen LogP) is 0.967. The number of aromatic nitrogens is 4. The summed E-state index contributed by atoms with van der Waals surface area (Å²) in [5.41, 5.74) is 0. The lowest BCUT2D eigenvalue weighted by molar-refractivity contribution is 0.0144. The summed E-state index contributed by atoms with van der Waals surface area (Å²) in [6.07, 6.45) is 0.891. The van der Waals surface area contributed by atoms with Crippen LogP contribution in [0.25, 0.3) is 11.6 Å². The standard InChI is InChI=1S/C12H18N4O3/c1-9(2)7-18-8-10(17)6-16-14-12(13-15-16)11-4-3-5-19-11/h3-5,9-10,17H,6-8H2,1-2H3/t10-/m0/s1. The van der Waals surface area contributed by atoms with Crippen LogP contribution < -0.4 is 0 Å². The van der Waals surface area contributed by atoms with Gasteiger partial charge in [0.2, 0.25) is 5.82 Å². The van der Waals surface area contributed by atoms with Crippen molar-refractivity contribution in [1.82, 2.24) is 20.2 Å². The number of ether oxygens (including phenoxy) is 1. The Bertz CT molecular complexity index is 481. The van der Waals surface area contributed by atoms with Gasteiger partial charge in [0, 0.05) is 6.61 Å². The summed E-state index contributed by atoms with van der Waals surface area (Å²) in [5.74, 6) is 1.40. The van der Waals surface area contributed by atoms with Crippen LogP contribution in [0, 0.1) is 5.92 Å². The third kappa shape index (κ3) is 4.15. The molecule has 2 aromatic rings. The predicted molar refractivity (Wildman–Crippen MR) is 67.2 cm³/mol. The van der Waals surface area contributed by atoms with E-state index in [4.69, 9.17) is 9.15 Å². The van der Waals surface area contributed by atoms with Crippen molar-refractivity contribution >= 4 is 0 Å². The Morgan fingerprint density at radius 2 is 2.26 bits per heavy atom. The highest BCUT2D eigenvalue weighted by Crippen LogP contribution is 2.12. The van der Waals surface area contributed by atoms with Crippen molar-refractivity contribution in [2.75, 3.05) is 13.2 Å². The highest BCUT2D eigenvalue weighted by atomic mass is 16.5. The molecule has 1 atom stereocenters. The molecule has 0 bridgehead atoms. The molecule has 0 saturated carbocycles.